The summed E-state index contributed by atoms with van der Waals surface area (Å²) in [6.07, 6.45) is 4.79. The van der Waals surface area contributed by atoms with E-state index in [1.54, 1.807) is 0 Å². The van der Waals surface area contributed by atoms with Crippen LogP contribution >= 0.6 is 0 Å². The van der Waals surface area contributed by atoms with Crippen LogP contribution in [0.25, 0.3) is 6.08 Å². The van der Waals surface area contributed by atoms with E-state index in [0.29, 0.717) is 0 Å². The van der Waals surface area contributed by atoms with E-state index >= 15 is 0 Å². The monoisotopic (exact) mass is 359 g/mol. The topological polar surface area (TPSA) is 41.3 Å². The van der Waals surface area contributed by atoms with Crippen LogP contribution in [0.15, 0.2) is 72.8 Å². The SMILES string of the molecule is OC(c1ccccc1)c1cc2n(n1)CCCN(CC=Cc1ccccc1)C2. The van der Waals surface area contributed by atoms with Crippen LogP contribution in [0.3, 0.4) is 0 Å². The number of fused-ring (bicyclic) bond motifs is 1. The Morgan fingerprint density at radius 1 is 1.00 bits per heavy atom. The van der Waals surface area contributed by atoms with Crippen molar-refractivity contribution in [2.24, 2.45) is 0 Å². The average molecular weight is 359 g/mol. The van der Waals surface area contributed by atoms with Gasteiger partial charge in [0.1, 0.15) is 6.10 Å². The molecule has 2 heterocycles. The maximum absolute atomic E-state index is 10.6. The standard InChI is InChI=1S/C23H25N3O/c27-23(20-12-5-2-6-13-20)22-17-21-18-25(15-8-16-26(21)24-22)14-7-11-19-9-3-1-4-10-19/h1-7,9-13,17,23,27H,8,14-16,18H2. The van der Waals surface area contributed by atoms with Gasteiger partial charge in [-0.3, -0.25) is 9.58 Å². The van der Waals surface area contributed by atoms with Crippen LogP contribution in [0.1, 0.15) is 35.0 Å². The Kier molecular flexibility index (Phi) is 5.47. The second-order valence-corrected chi connectivity index (χ2v) is 7.00. The molecule has 0 fully saturated rings. The third-order valence-electron chi connectivity index (χ3n) is 4.98. The fraction of sp³-hybridized carbons (Fsp3) is 0.261. The Bertz CT molecular complexity index is 887. The molecule has 0 radical (unpaired) electrons. The van der Waals surface area contributed by atoms with Crippen LogP contribution in [0, 0.1) is 0 Å². The highest BCUT2D eigenvalue weighted by molar-refractivity contribution is 5.48. The zero-order chi connectivity index (χ0) is 18.5. The van der Waals surface area contributed by atoms with E-state index in [9.17, 15) is 5.11 Å². The molecule has 1 aliphatic heterocycles. The molecule has 4 rings (SSSR count). The van der Waals surface area contributed by atoms with Crippen molar-refractivity contribution in [2.75, 3.05) is 13.1 Å². The maximum Gasteiger partial charge on any atom is 0.123 e. The highest BCUT2D eigenvalue weighted by Crippen LogP contribution is 2.23. The number of aliphatic hydroxyl groups is 1. The molecule has 2 aromatic carbocycles. The van der Waals surface area contributed by atoms with Crippen molar-refractivity contribution < 1.29 is 5.11 Å². The van der Waals surface area contributed by atoms with Gasteiger partial charge >= 0.3 is 0 Å². The zero-order valence-corrected chi connectivity index (χ0v) is 15.4. The second-order valence-electron chi connectivity index (χ2n) is 7.00. The van der Waals surface area contributed by atoms with Crippen molar-refractivity contribution in [3.05, 3.63) is 95.3 Å². The molecule has 4 nitrogen and oxygen atoms in total. The van der Waals surface area contributed by atoms with Crippen molar-refractivity contribution in [1.82, 2.24) is 14.7 Å². The Balaban J connectivity index is 1.44. The van der Waals surface area contributed by atoms with Gasteiger partial charge in [-0.05, 0) is 23.6 Å². The van der Waals surface area contributed by atoms with Gasteiger partial charge < -0.3 is 5.11 Å². The van der Waals surface area contributed by atoms with Gasteiger partial charge in [-0.1, -0.05) is 72.8 Å². The number of aromatic nitrogens is 2. The number of aryl methyl sites for hydroxylation is 1. The molecule has 4 heteroatoms. The molecule has 1 unspecified atom stereocenters. The van der Waals surface area contributed by atoms with E-state index in [2.05, 4.69) is 57.2 Å². The molecule has 3 aromatic rings. The number of rotatable bonds is 5. The van der Waals surface area contributed by atoms with Crippen LogP contribution in [-0.2, 0) is 13.1 Å². The van der Waals surface area contributed by atoms with Crippen LogP contribution in [-0.4, -0.2) is 32.9 Å². The van der Waals surface area contributed by atoms with Gasteiger partial charge in [0.2, 0.25) is 0 Å². The minimum atomic E-state index is -0.669. The second kappa shape index (κ2) is 8.33. The number of nitrogens with zero attached hydrogens (tertiary/aromatic N) is 3. The van der Waals surface area contributed by atoms with Crippen LogP contribution < -0.4 is 0 Å². The van der Waals surface area contributed by atoms with Crippen molar-refractivity contribution in [3.8, 4) is 0 Å². The summed E-state index contributed by atoms with van der Waals surface area (Å²) >= 11 is 0. The van der Waals surface area contributed by atoms with E-state index in [-0.39, 0.29) is 0 Å². The summed E-state index contributed by atoms with van der Waals surface area (Å²) in [5.41, 5.74) is 4.02. The minimum absolute atomic E-state index is 0.669. The van der Waals surface area contributed by atoms with Gasteiger partial charge in [0, 0.05) is 26.2 Å². The fourth-order valence-electron chi connectivity index (χ4n) is 3.55. The van der Waals surface area contributed by atoms with E-state index in [0.717, 1.165) is 43.9 Å². The van der Waals surface area contributed by atoms with E-state index in [1.165, 1.54) is 11.3 Å². The first-order valence-corrected chi connectivity index (χ1v) is 9.53. The molecule has 1 aromatic heterocycles. The lowest BCUT2D eigenvalue weighted by atomic mass is 10.1. The van der Waals surface area contributed by atoms with Gasteiger partial charge in [-0.2, -0.15) is 5.10 Å². The molecule has 0 amide bonds. The lowest BCUT2D eigenvalue weighted by Gasteiger charge is -2.17. The Labute approximate surface area is 160 Å². The fourth-order valence-corrected chi connectivity index (χ4v) is 3.55. The highest BCUT2D eigenvalue weighted by Gasteiger charge is 2.20. The third kappa shape index (κ3) is 4.35. The number of hydrogen-bond donors (Lipinski definition) is 1. The summed E-state index contributed by atoms with van der Waals surface area (Å²) in [6.45, 7) is 3.72. The van der Waals surface area contributed by atoms with Gasteiger partial charge in [-0.25, -0.2) is 0 Å². The Hall–Kier alpha value is -2.69. The number of benzene rings is 2. The third-order valence-corrected chi connectivity index (χ3v) is 4.98. The summed E-state index contributed by atoms with van der Waals surface area (Å²) in [7, 11) is 0. The summed E-state index contributed by atoms with van der Waals surface area (Å²) in [6, 6.07) is 22.2. The molecule has 1 atom stereocenters. The first kappa shape index (κ1) is 17.7. The average Bonchev–Trinajstić information content (AvgIpc) is 3.01. The number of aliphatic hydroxyl groups excluding tert-OH is 1. The quantitative estimate of drug-likeness (QED) is 0.751. The molecule has 1 aliphatic rings. The van der Waals surface area contributed by atoms with Crippen molar-refractivity contribution in [3.63, 3.8) is 0 Å². The Morgan fingerprint density at radius 3 is 2.52 bits per heavy atom. The van der Waals surface area contributed by atoms with E-state index < -0.39 is 6.10 Å². The molecule has 0 aliphatic carbocycles. The molecule has 138 valence electrons. The van der Waals surface area contributed by atoms with Crippen LogP contribution in [0.2, 0.25) is 0 Å². The van der Waals surface area contributed by atoms with Crippen molar-refractivity contribution in [2.45, 2.75) is 25.6 Å². The largest absolute Gasteiger partial charge is 0.382 e. The summed E-state index contributed by atoms with van der Waals surface area (Å²) in [4.78, 5) is 2.43. The molecule has 27 heavy (non-hydrogen) atoms. The normalized spacial score (nSPS) is 16.2. The lowest BCUT2D eigenvalue weighted by Crippen LogP contribution is -2.23. The van der Waals surface area contributed by atoms with Gasteiger partial charge in [0.25, 0.3) is 0 Å². The molecule has 0 saturated carbocycles. The van der Waals surface area contributed by atoms with Crippen LogP contribution in [0.5, 0.6) is 0 Å². The van der Waals surface area contributed by atoms with Crippen molar-refractivity contribution >= 4 is 6.08 Å². The van der Waals surface area contributed by atoms with Crippen molar-refractivity contribution in [1.29, 1.82) is 0 Å². The summed E-state index contributed by atoms with van der Waals surface area (Å²) < 4.78 is 2.06. The Morgan fingerprint density at radius 2 is 1.74 bits per heavy atom. The first-order valence-electron chi connectivity index (χ1n) is 9.53. The first-order chi connectivity index (χ1) is 13.3. The molecule has 0 bridgehead atoms. The molecular weight excluding hydrogens is 334 g/mol. The van der Waals surface area contributed by atoms with Gasteiger partial charge in [-0.15, -0.1) is 0 Å². The highest BCUT2D eigenvalue weighted by atomic mass is 16.3. The predicted molar refractivity (Wildman–Crippen MR) is 108 cm³/mol. The summed E-state index contributed by atoms with van der Waals surface area (Å²) in [5.74, 6) is 0. The predicted octanol–water partition coefficient (Wildman–Crippen LogP) is 3.88. The minimum Gasteiger partial charge on any atom is -0.382 e. The molecule has 0 saturated heterocycles. The molecule has 1 N–H and O–H groups in total. The van der Waals surface area contributed by atoms with E-state index in [1.807, 2.05) is 36.4 Å². The number of hydrogen-bond acceptors (Lipinski definition) is 3. The molecular formula is C23H25N3O. The smallest absolute Gasteiger partial charge is 0.123 e. The van der Waals surface area contributed by atoms with Gasteiger partial charge in [0.15, 0.2) is 0 Å². The molecule has 0 spiro atoms. The maximum atomic E-state index is 10.6. The zero-order valence-electron chi connectivity index (χ0n) is 15.4. The lowest BCUT2D eigenvalue weighted by molar-refractivity contribution is 0.214. The van der Waals surface area contributed by atoms with E-state index in [4.69, 9.17) is 0 Å². The van der Waals surface area contributed by atoms with Gasteiger partial charge in [0.05, 0.1) is 11.4 Å². The summed E-state index contributed by atoms with van der Waals surface area (Å²) in [5, 5.41) is 15.3. The van der Waals surface area contributed by atoms with Crippen LogP contribution in [0.4, 0.5) is 0 Å².